The molecular formula is C23H53ClN4O6S2. The van der Waals surface area contributed by atoms with Crippen molar-refractivity contribution in [3.05, 3.63) is 0 Å². The van der Waals surface area contributed by atoms with Crippen molar-refractivity contribution in [3.8, 4) is 0 Å². The molecule has 13 heteroatoms. The summed E-state index contributed by atoms with van der Waals surface area (Å²) in [5.41, 5.74) is 5.12. The number of sulfone groups is 2. The molecule has 0 aromatic heterocycles. The lowest BCUT2D eigenvalue weighted by molar-refractivity contribution is 0.0503. The Morgan fingerprint density at radius 2 is 1.14 bits per heavy atom. The fraction of sp³-hybridized carbons (Fsp3) is 0.957. The van der Waals surface area contributed by atoms with Crippen molar-refractivity contribution in [3.63, 3.8) is 0 Å². The number of nitrogens with one attached hydrogen (secondary N) is 1. The lowest BCUT2D eigenvalue weighted by atomic mass is 10.2. The highest BCUT2D eigenvalue weighted by atomic mass is 35.5. The molecule has 0 fully saturated rings. The number of nitrogens with zero attached hydrogens (tertiary/aromatic N) is 2. The molecule has 1 amide bonds. The molecule has 0 aromatic carbocycles. The molecule has 10 nitrogen and oxygen atoms in total. The molecule has 0 rings (SSSR count). The SMILES string of the molecule is CN(C)C[C@@H](CS(=O)(=O)C(C)(C)C)NC(=O)OC(C)(C)C.CN(C)C[C@H](N)CS(=O)(=O)C(C)(C)C.Cl. The van der Waals surface area contributed by atoms with Crippen molar-refractivity contribution in [2.24, 2.45) is 5.73 Å². The smallest absolute Gasteiger partial charge is 0.407 e. The molecule has 0 unspecified atom stereocenters. The summed E-state index contributed by atoms with van der Waals surface area (Å²) in [5, 5.41) is 2.65. The Bertz CT molecular complexity index is 857. The summed E-state index contributed by atoms with van der Waals surface area (Å²) in [4.78, 5) is 15.6. The van der Waals surface area contributed by atoms with E-state index in [1.165, 1.54) is 0 Å². The van der Waals surface area contributed by atoms with Gasteiger partial charge in [-0.25, -0.2) is 21.6 Å². The van der Waals surface area contributed by atoms with Gasteiger partial charge in [0.15, 0.2) is 19.7 Å². The maximum atomic E-state index is 12.3. The Kier molecular flexibility index (Phi) is 16.7. The van der Waals surface area contributed by atoms with Gasteiger partial charge < -0.3 is 25.6 Å². The third-order valence-electron chi connectivity index (χ3n) is 4.63. The van der Waals surface area contributed by atoms with Gasteiger partial charge in [0.25, 0.3) is 0 Å². The van der Waals surface area contributed by atoms with E-state index in [9.17, 15) is 21.6 Å². The van der Waals surface area contributed by atoms with Crippen molar-refractivity contribution in [2.75, 3.05) is 52.8 Å². The highest BCUT2D eigenvalue weighted by Gasteiger charge is 2.33. The van der Waals surface area contributed by atoms with Gasteiger partial charge in [-0.05, 0) is 90.5 Å². The van der Waals surface area contributed by atoms with Gasteiger partial charge >= 0.3 is 6.09 Å². The van der Waals surface area contributed by atoms with Crippen LogP contribution in [0, 0.1) is 0 Å². The molecular weight excluding hydrogens is 528 g/mol. The van der Waals surface area contributed by atoms with Crippen LogP contribution in [0.3, 0.4) is 0 Å². The van der Waals surface area contributed by atoms with Crippen LogP contribution >= 0.6 is 12.4 Å². The molecule has 0 heterocycles. The fourth-order valence-electron chi connectivity index (χ4n) is 2.62. The van der Waals surface area contributed by atoms with Gasteiger partial charge in [-0.1, -0.05) is 0 Å². The second kappa shape index (κ2) is 15.1. The Hall–Kier alpha value is -0.660. The summed E-state index contributed by atoms with van der Waals surface area (Å²) < 4.78 is 51.7. The molecule has 2 atom stereocenters. The summed E-state index contributed by atoms with van der Waals surface area (Å²) in [7, 11) is 0.988. The molecule has 0 radical (unpaired) electrons. The normalized spacial score (nSPS) is 14.9. The minimum atomic E-state index is -3.33. The summed E-state index contributed by atoms with van der Waals surface area (Å²) in [6.45, 7) is 16.4. The number of hydrogen-bond donors (Lipinski definition) is 2. The highest BCUT2D eigenvalue weighted by Crippen LogP contribution is 2.18. The lowest BCUT2D eigenvalue weighted by Crippen LogP contribution is -2.49. The quantitative estimate of drug-likeness (QED) is 0.420. The minimum absolute atomic E-state index is 0. The monoisotopic (exact) mass is 580 g/mol. The Morgan fingerprint density at radius 3 is 1.44 bits per heavy atom. The summed E-state index contributed by atoms with van der Waals surface area (Å²) in [5.74, 6) is -0.0669. The van der Waals surface area contributed by atoms with Crippen LogP contribution in [0.15, 0.2) is 0 Å². The van der Waals surface area contributed by atoms with Crippen molar-refractivity contribution in [1.82, 2.24) is 15.1 Å². The predicted molar refractivity (Wildman–Crippen MR) is 153 cm³/mol. The number of nitrogens with two attached hydrogens (primary N) is 1. The van der Waals surface area contributed by atoms with Crippen LogP contribution in [0.1, 0.15) is 62.3 Å². The molecule has 3 N–H and O–H groups in total. The molecule has 0 aliphatic heterocycles. The zero-order valence-electron chi connectivity index (χ0n) is 24.6. The van der Waals surface area contributed by atoms with E-state index in [0.717, 1.165) is 0 Å². The summed E-state index contributed by atoms with van der Waals surface area (Å²) in [6.07, 6.45) is -0.599. The number of carbonyl (C=O) groups is 1. The largest absolute Gasteiger partial charge is 0.444 e. The first-order valence-corrected chi connectivity index (χ1v) is 15.0. The van der Waals surface area contributed by atoms with E-state index in [1.54, 1.807) is 62.3 Å². The van der Waals surface area contributed by atoms with Crippen molar-refractivity contribution in [1.29, 1.82) is 0 Å². The van der Waals surface area contributed by atoms with Gasteiger partial charge in [0.1, 0.15) is 5.60 Å². The van der Waals surface area contributed by atoms with E-state index in [-0.39, 0.29) is 30.0 Å². The minimum Gasteiger partial charge on any atom is -0.444 e. The van der Waals surface area contributed by atoms with E-state index in [0.29, 0.717) is 13.1 Å². The fourth-order valence-corrected chi connectivity index (χ4v) is 5.01. The van der Waals surface area contributed by atoms with Crippen molar-refractivity contribution >= 4 is 38.2 Å². The van der Waals surface area contributed by atoms with Gasteiger partial charge in [0.2, 0.25) is 0 Å². The molecule has 220 valence electrons. The molecule has 0 saturated heterocycles. The maximum absolute atomic E-state index is 12.3. The number of alkyl carbamates (subject to hydrolysis) is 1. The maximum Gasteiger partial charge on any atom is 0.407 e. The summed E-state index contributed by atoms with van der Waals surface area (Å²) >= 11 is 0. The van der Waals surface area contributed by atoms with Crippen LogP contribution < -0.4 is 11.1 Å². The van der Waals surface area contributed by atoms with Crippen LogP contribution in [-0.2, 0) is 24.4 Å². The standard InChI is InChI=1S/C14H30N2O4S.C9H22N2O2S.ClH/c1-13(2,3)20-12(17)15-11(9-16(7)8)10-21(18,19)14(4,5)6;1-9(2,3)14(12,13)7-8(10)6-11(4)5;/h11H,9-10H2,1-8H3,(H,15,17);8H,6-7,10H2,1-5H3;1H/t11-;8-;/m00./s1. The Labute approximate surface area is 227 Å². The van der Waals surface area contributed by atoms with Gasteiger partial charge in [-0.3, -0.25) is 0 Å². The average molecular weight is 581 g/mol. The number of halogens is 1. The Morgan fingerprint density at radius 1 is 0.778 bits per heavy atom. The number of carbonyl (C=O) groups excluding carboxylic acids is 1. The van der Waals surface area contributed by atoms with E-state index >= 15 is 0 Å². The van der Waals surface area contributed by atoms with E-state index < -0.39 is 46.9 Å². The van der Waals surface area contributed by atoms with Crippen LogP contribution in [0.2, 0.25) is 0 Å². The number of ether oxygens (including phenoxy) is 1. The second-order valence-corrected chi connectivity index (χ2v) is 18.0. The van der Waals surface area contributed by atoms with Gasteiger partial charge in [0, 0.05) is 19.1 Å². The molecule has 0 aliphatic carbocycles. The Balaban J connectivity index is -0.000000635. The van der Waals surface area contributed by atoms with Crippen molar-refractivity contribution < 1.29 is 26.4 Å². The molecule has 0 spiro atoms. The third-order valence-corrected chi connectivity index (χ3v) is 10.1. The molecule has 36 heavy (non-hydrogen) atoms. The molecule has 0 bridgehead atoms. The summed E-state index contributed by atoms with van der Waals surface area (Å²) in [6, 6.07) is -0.826. The zero-order chi connectivity index (χ0) is 28.6. The van der Waals surface area contributed by atoms with Gasteiger partial charge in [-0.2, -0.15) is 0 Å². The lowest BCUT2D eigenvalue weighted by Gasteiger charge is -2.28. The van der Waals surface area contributed by atoms with E-state index in [4.69, 9.17) is 10.5 Å². The van der Waals surface area contributed by atoms with Gasteiger partial charge in [-0.15, -0.1) is 12.4 Å². The predicted octanol–water partition coefficient (Wildman–Crippen LogP) is 2.17. The molecule has 0 saturated carbocycles. The van der Waals surface area contributed by atoms with Crippen LogP contribution in [0.5, 0.6) is 0 Å². The highest BCUT2D eigenvalue weighted by molar-refractivity contribution is 7.93. The average Bonchev–Trinajstić information content (AvgIpc) is 2.48. The molecule has 0 aromatic rings. The number of hydrogen-bond acceptors (Lipinski definition) is 9. The number of amides is 1. The number of likely N-dealkylation sites (N-methyl/N-ethyl adjacent to an activating group) is 2. The number of rotatable bonds is 9. The first kappa shape index (κ1) is 39.8. The van der Waals surface area contributed by atoms with E-state index in [2.05, 4.69) is 5.32 Å². The van der Waals surface area contributed by atoms with Crippen molar-refractivity contribution in [2.45, 2.75) is 89.5 Å². The second-order valence-electron chi connectivity index (χ2n) is 12.4. The van der Waals surface area contributed by atoms with E-state index in [1.807, 2.05) is 38.0 Å². The first-order valence-electron chi connectivity index (χ1n) is 11.7. The van der Waals surface area contributed by atoms with Gasteiger partial charge in [0.05, 0.1) is 27.0 Å². The third kappa shape index (κ3) is 17.7. The first-order chi connectivity index (χ1) is 15.2. The zero-order valence-corrected chi connectivity index (χ0v) is 27.1. The topological polar surface area (TPSA) is 139 Å². The van der Waals surface area contributed by atoms with Crippen LogP contribution in [-0.4, -0.2) is 113 Å². The van der Waals surface area contributed by atoms with Crippen LogP contribution in [0.4, 0.5) is 4.79 Å². The van der Waals surface area contributed by atoms with Crippen LogP contribution in [0.25, 0.3) is 0 Å². The molecule has 0 aliphatic rings.